The molecule has 0 bridgehead atoms. The molecule has 1 atom stereocenters. The van der Waals surface area contributed by atoms with E-state index in [1.807, 2.05) is 18.2 Å². The Balaban J connectivity index is 2.39. The van der Waals surface area contributed by atoms with Crippen molar-refractivity contribution in [2.75, 3.05) is 0 Å². The van der Waals surface area contributed by atoms with Gasteiger partial charge < -0.3 is 10.8 Å². The Morgan fingerprint density at radius 1 is 1.62 bits per heavy atom. The first-order chi connectivity index (χ1) is 6.20. The Bertz CT molecular complexity index is 274. The van der Waals surface area contributed by atoms with Gasteiger partial charge in [0.05, 0.1) is 0 Å². The molecule has 0 aromatic carbocycles. The number of carboxylic acid groups (broad SMARTS) is 1. The van der Waals surface area contributed by atoms with Gasteiger partial charge in [0.15, 0.2) is 0 Å². The molecule has 0 amide bonds. The largest absolute Gasteiger partial charge is 0.480 e. The van der Waals surface area contributed by atoms with Crippen LogP contribution in [0.4, 0.5) is 0 Å². The van der Waals surface area contributed by atoms with Crippen LogP contribution in [0.1, 0.15) is 12.1 Å². The number of carbonyl (C=O) groups is 1. The summed E-state index contributed by atoms with van der Waals surface area (Å²) in [5, 5.41) is 8.51. The lowest BCUT2D eigenvalue weighted by Gasteiger charge is -2.04. The fourth-order valence-corrected chi connectivity index (χ4v) is 0.973. The van der Waals surface area contributed by atoms with Crippen molar-refractivity contribution in [3.05, 3.63) is 30.1 Å². The van der Waals surface area contributed by atoms with Crippen molar-refractivity contribution >= 4 is 5.97 Å². The summed E-state index contributed by atoms with van der Waals surface area (Å²) in [5.74, 6) is -0.962. The van der Waals surface area contributed by atoms with Crippen molar-refractivity contribution < 1.29 is 9.90 Å². The molecule has 0 fully saturated rings. The molecule has 1 heterocycles. The molecule has 4 heteroatoms. The summed E-state index contributed by atoms with van der Waals surface area (Å²) in [7, 11) is 0. The Hall–Kier alpha value is -1.42. The third kappa shape index (κ3) is 3.21. The molecular weight excluding hydrogens is 168 g/mol. The van der Waals surface area contributed by atoms with Crippen LogP contribution in [-0.4, -0.2) is 22.1 Å². The van der Waals surface area contributed by atoms with E-state index in [0.29, 0.717) is 12.8 Å². The Morgan fingerprint density at radius 2 is 2.38 bits per heavy atom. The van der Waals surface area contributed by atoms with Gasteiger partial charge >= 0.3 is 5.97 Å². The second-order valence-electron chi connectivity index (χ2n) is 2.80. The highest BCUT2D eigenvalue weighted by molar-refractivity contribution is 5.72. The van der Waals surface area contributed by atoms with Crippen molar-refractivity contribution in [1.82, 2.24) is 4.98 Å². The Morgan fingerprint density at radius 3 is 2.92 bits per heavy atom. The number of hydrogen-bond acceptors (Lipinski definition) is 3. The minimum absolute atomic E-state index is 0.423. The predicted molar refractivity (Wildman–Crippen MR) is 48.2 cm³/mol. The maximum Gasteiger partial charge on any atom is 0.320 e. The zero-order chi connectivity index (χ0) is 9.68. The zero-order valence-electron chi connectivity index (χ0n) is 7.18. The first-order valence-corrected chi connectivity index (χ1v) is 4.08. The van der Waals surface area contributed by atoms with E-state index in [4.69, 9.17) is 10.8 Å². The van der Waals surface area contributed by atoms with E-state index in [0.717, 1.165) is 5.69 Å². The molecule has 1 aromatic heterocycles. The van der Waals surface area contributed by atoms with E-state index in [1.165, 1.54) is 0 Å². The van der Waals surface area contributed by atoms with Gasteiger partial charge in [-0.25, -0.2) is 0 Å². The van der Waals surface area contributed by atoms with Crippen LogP contribution in [0.5, 0.6) is 0 Å². The Kier molecular flexibility index (Phi) is 3.40. The lowest BCUT2D eigenvalue weighted by Crippen LogP contribution is -2.30. The summed E-state index contributed by atoms with van der Waals surface area (Å²) in [5.41, 5.74) is 6.21. The van der Waals surface area contributed by atoms with Crippen LogP contribution >= 0.6 is 0 Å². The topological polar surface area (TPSA) is 76.2 Å². The van der Waals surface area contributed by atoms with Crippen molar-refractivity contribution in [3.63, 3.8) is 0 Å². The van der Waals surface area contributed by atoms with Crippen LogP contribution in [0.25, 0.3) is 0 Å². The quantitative estimate of drug-likeness (QED) is 0.704. The van der Waals surface area contributed by atoms with E-state index in [2.05, 4.69) is 4.98 Å². The van der Waals surface area contributed by atoms with Crippen LogP contribution in [0.3, 0.4) is 0 Å². The molecule has 3 N–H and O–H groups in total. The highest BCUT2D eigenvalue weighted by Crippen LogP contribution is 2.00. The highest BCUT2D eigenvalue weighted by atomic mass is 16.4. The van der Waals surface area contributed by atoms with Gasteiger partial charge in [0.1, 0.15) is 6.04 Å². The molecule has 1 rings (SSSR count). The molecular formula is C9H12N2O2. The second-order valence-corrected chi connectivity index (χ2v) is 2.80. The molecule has 0 saturated heterocycles. The van der Waals surface area contributed by atoms with E-state index in [1.54, 1.807) is 6.20 Å². The molecule has 0 aliphatic heterocycles. The van der Waals surface area contributed by atoms with Gasteiger partial charge in [0, 0.05) is 11.9 Å². The van der Waals surface area contributed by atoms with Crippen molar-refractivity contribution in [2.45, 2.75) is 18.9 Å². The molecule has 0 radical (unpaired) electrons. The maximum absolute atomic E-state index is 10.4. The number of aliphatic carboxylic acids is 1. The third-order valence-electron chi connectivity index (χ3n) is 1.75. The fraction of sp³-hybridized carbons (Fsp3) is 0.333. The summed E-state index contributed by atoms with van der Waals surface area (Å²) in [6.07, 6.45) is 2.71. The average molecular weight is 180 g/mol. The molecule has 0 saturated carbocycles. The van der Waals surface area contributed by atoms with Gasteiger partial charge in [-0.2, -0.15) is 0 Å². The van der Waals surface area contributed by atoms with E-state index in [9.17, 15) is 4.79 Å². The van der Waals surface area contributed by atoms with Gasteiger partial charge in [0.25, 0.3) is 0 Å². The monoisotopic (exact) mass is 180 g/mol. The van der Waals surface area contributed by atoms with Crippen molar-refractivity contribution in [1.29, 1.82) is 0 Å². The highest BCUT2D eigenvalue weighted by Gasteiger charge is 2.10. The summed E-state index contributed by atoms with van der Waals surface area (Å²) in [6.45, 7) is 0. The molecule has 0 aliphatic rings. The summed E-state index contributed by atoms with van der Waals surface area (Å²) in [6, 6.07) is 4.76. The van der Waals surface area contributed by atoms with E-state index < -0.39 is 12.0 Å². The van der Waals surface area contributed by atoms with Crippen LogP contribution in [0.2, 0.25) is 0 Å². The van der Waals surface area contributed by atoms with Crippen LogP contribution in [0.15, 0.2) is 24.4 Å². The standard InChI is InChI=1S/C9H12N2O2/c10-8(9(12)13)5-4-7-3-1-2-6-11-7/h1-3,6,8H,4-5,10H2,(H,12,13). The maximum atomic E-state index is 10.4. The molecule has 4 nitrogen and oxygen atoms in total. The number of nitrogens with two attached hydrogens (primary N) is 1. The number of pyridine rings is 1. The number of nitrogens with zero attached hydrogens (tertiary/aromatic N) is 1. The number of aromatic nitrogens is 1. The lowest BCUT2D eigenvalue weighted by atomic mass is 10.1. The number of rotatable bonds is 4. The summed E-state index contributed by atoms with van der Waals surface area (Å²) in [4.78, 5) is 14.4. The molecule has 70 valence electrons. The minimum Gasteiger partial charge on any atom is -0.480 e. The van der Waals surface area contributed by atoms with Crippen LogP contribution < -0.4 is 5.73 Å². The van der Waals surface area contributed by atoms with Crippen LogP contribution in [0, 0.1) is 0 Å². The SMILES string of the molecule is NC(CCc1ccccn1)C(=O)O. The summed E-state index contributed by atoms with van der Waals surface area (Å²) >= 11 is 0. The normalized spacial score (nSPS) is 12.4. The van der Waals surface area contributed by atoms with Crippen molar-refractivity contribution in [3.8, 4) is 0 Å². The number of carboxylic acids is 1. The molecule has 13 heavy (non-hydrogen) atoms. The second kappa shape index (κ2) is 4.57. The number of aryl methyl sites for hydroxylation is 1. The minimum atomic E-state index is -0.962. The molecule has 1 unspecified atom stereocenters. The lowest BCUT2D eigenvalue weighted by molar-refractivity contribution is -0.138. The predicted octanol–water partition coefficient (Wildman–Crippen LogP) is 0.426. The van der Waals surface area contributed by atoms with Gasteiger partial charge in [-0.1, -0.05) is 6.07 Å². The number of hydrogen-bond donors (Lipinski definition) is 2. The zero-order valence-corrected chi connectivity index (χ0v) is 7.18. The van der Waals surface area contributed by atoms with E-state index in [-0.39, 0.29) is 0 Å². The van der Waals surface area contributed by atoms with Gasteiger partial charge in [-0.3, -0.25) is 9.78 Å². The molecule has 1 aromatic rings. The smallest absolute Gasteiger partial charge is 0.320 e. The van der Waals surface area contributed by atoms with E-state index >= 15 is 0 Å². The Labute approximate surface area is 76.4 Å². The first-order valence-electron chi connectivity index (χ1n) is 4.08. The molecule has 0 spiro atoms. The first kappa shape index (κ1) is 9.67. The average Bonchev–Trinajstić information content (AvgIpc) is 2.15. The third-order valence-corrected chi connectivity index (χ3v) is 1.75. The van der Waals surface area contributed by atoms with Crippen molar-refractivity contribution in [2.24, 2.45) is 5.73 Å². The fourth-order valence-electron chi connectivity index (χ4n) is 0.973. The summed E-state index contributed by atoms with van der Waals surface area (Å²) < 4.78 is 0. The van der Waals surface area contributed by atoms with Crippen LogP contribution in [-0.2, 0) is 11.2 Å². The van der Waals surface area contributed by atoms with Gasteiger partial charge in [0.2, 0.25) is 0 Å². The molecule has 0 aliphatic carbocycles. The van der Waals surface area contributed by atoms with Gasteiger partial charge in [-0.05, 0) is 25.0 Å². The van der Waals surface area contributed by atoms with Gasteiger partial charge in [-0.15, -0.1) is 0 Å².